The molecule has 0 aliphatic heterocycles. The molecule has 0 aliphatic carbocycles. The summed E-state index contributed by atoms with van der Waals surface area (Å²) in [6.07, 6.45) is 7.21. The third kappa shape index (κ3) is 35.7. The number of carbonyl (C=O) groups is 3. The molecule has 0 atom stereocenters. The van der Waals surface area contributed by atoms with E-state index in [1.54, 1.807) is 7.05 Å². The highest BCUT2D eigenvalue weighted by atomic mass is 16.5. The zero-order valence-electron chi connectivity index (χ0n) is 16.8. The van der Waals surface area contributed by atoms with Crippen molar-refractivity contribution in [2.24, 2.45) is 11.5 Å². The Hall–Kier alpha value is -2.15. The van der Waals surface area contributed by atoms with Crippen LogP contribution >= 0.6 is 0 Å². The maximum absolute atomic E-state index is 10.6. The maximum Gasteiger partial charge on any atom is 0.243 e. The zero-order chi connectivity index (χ0) is 21.3. The van der Waals surface area contributed by atoms with Crippen LogP contribution in [0.15, 0.2) is 0 Å². The minimum Gasteiger partial charge on any atom is -0.379 e. The smallest absolute Gasteiger partial charge is 0.243 e. The Labute approximate surface area is 162 Å². The molecule has 9 heteroatoms. The number of carbonyl (C=O) groups excluding carboxylic acids is 3. The summed E-state index contributed by atoms with van der Waals surface area (Å²) in [4.78, 5) is 31.1. The highest BCUT2D eigenvalue weighted by molar-refractivity contribution is 5.76. The second kappa shape index (κ2) is 26.1. The van der Waals surface area contributed by atoms with E-state index in [1.165, 1.54) is 0 Å². The lowest BCUT2D eigenvalue weighted by Crippen LogP contribution is -2.22. The summed E-state index contributed by atoms with van der Waals surface area (Å²) < 4.78 is 9.74. The van der Waals surface area contributed by atoms with Gasteiger partial charge in [-0.15, -0.1) is 12.3 Å². The van der Waals surface area contributed by atoms with Crippen LogP contribution in [0.3, 0.4) is 0 Å². The second-order valence-electron chi connectivity index (χ2n) is 4.94. The molecule has 27 heavy (non-hydrogen) atoms. The zero-order valence-corrected chi connectivity index (χ0v) is 16.8. The fraction of sp³-hybridized carbons (Fsp3) is 0.722. The number of ether oxygens (including phenoxy) is 2. The summed E-state index contributed by atoms with van der Waals surface area (Å²) in [6.45, 7) is 6.70. The summed E-state index contributed by atoms with van der Waals surface area (Å²) in [7, 11) is 1.60. The van der Waals surface area contributed by atoms with Crippen LogP contribution in [-0.2, 0) is 23.9 Å². The number of primary amides is 1. The van der Waals surface area contributed by atoms with Gasteiger partial charge in [-0.05, 0) is 26.8 Å². The van der Waals surface area contributed by atoms with Crippen molar-refractivity contribution in [1.82, 2.24) is 10.6 Å². The molecule has 0 fully saturated rings. The van der Waals surface area contributed by atoms with E-state index in [4.69, 9.17) is 27.4 Å². The van der Waals surface area contributed by atoms with Gasteiger partial charge in [0.2, 0.25) is 17.7 Å². The van der Waals surface area contributed by atoms with Crippen molar-refractivity contribution in [3.05, 3.63) is 0 Å². The van der Waals surface area contributed by atoms with Crippen LogP contribution in [0.5, 0.6) is 0 Å². The van der Waals surface area contributed by atoms with E-state index in [0.29, 0.717) is 52.2 Å². The average Bonchev–Trinajstić information content (AvgIpc) is 2.65. The van der Waals surface area contributed by atoms with E-state index in [-0.39, 0.29) is 18.4 Å². The van der Waals surface area contributed by atoms with Crippen LogP contribution < -0.4 is 22.1 Å². The molecule has 0 unspecified atom stereocenters. The van der Waals surface area contributed by atoms with Crippen LogP contribution in [0.25, 0.3) is 0 Å². The summed E-state index contributed by atoms with van der Waals surface area (Å²) in [5.74, 6) is 2.03. The number of hydrogen-bond donors (Lipinski definition) is 4. The predicted molar refractivity (Wildman–Crippen MR) is 106 cm³/mol. The quantitative estimate of drug-likeness (QED) is 0.263. The van der Waals surface area contributed by atoms with Crippen LogP contribution in [0, 0.1) is 12.3 Å². The van der Waals surface area contributed by atoms with E-state index in [0.717, 1.165) is 6.42 Å². The van der Waals surface area contributed by atoms with Gasteiger partial charge in [0.05, 0.1) is 13.2 Å². The fourth-order valence-electron chi connectivity index (χ4n) is 1.29. The Morgan fingerprint density at radius 2 is 1.70 bits per heavy atom. The number of nitrogens with two attached hydrogens (primary N) is 2. The number of amides is 3. The molecular weight excluding hydrogens is 352 g/mol. The lowest BCUT2D eigenvalue weighted by Gasteiger charge is -2.00. The topological polar surface area (TPSA) is 146 Å². The summed E-state index contributed by atoms with van der Waals surface area (Å²) in [6, 6.07) is 0. The maximum atomic E-state index is 10.6. The number of rotatable bonds is 12. The van der Waals surface area contributed by atoms with Gasteiger partial charge in [-0.3, -0.25) is 14.4 Å². The number of hydrogen-bond acceptors (Lipinski definition) is 6. The molecule has 0 bridgehead atoms. The summed E-state index contributed by atoms with van der Waals surface area (Å²) >= 11 is 0. The van der Waals surface area contributed by atoms with Crippen LogP contribution in [0.4, 0.5) is 0 Å². The van der Waals surface area contributed by atoms with Gasteiger partial charge in [-0.25, -0.2) is 0 Å². The van der Waals surface area contributed by atoms with Gasteiger partial charge < -0.3 is 31.6 Å². The molecule has 158 valence electrons. The molecule has 0 aliphatic rings. The first-order chi connectivity index (χ1) is 12.9. The molecule has 3 amide bonds. The largest absolute Gasteiger partial charge is 0.379 e. The fourth-order valence-corrected chi connectivity index (χ4v) is 1.29. The van der Waals surface area contributed by atoms with E-state index in [1.807, 2.05) is 13.8 Å². The normalized spacial score (nSPS) is 8.85. The van der Waals surface area contributed by atoms with Crippen molar-refractivity contribution in [3.8, 4) is 12.3 Å². The van der Waals surface area contributed by atoms with Crippen molar-refractivity contribution >= 4 is 17.7 Å². The summed E-state index contributed by atoms with van der Waals surface area (Å²) in [5.41, 5.74) is 10.00. The molecule has 0 aromatic rings. The van der Waals surface area contributed by atoms with Crippen LogP contribution in [0.1, 0.15) is 39.5 Å². The highest BCUT2D eigenvalue weighted by Crippen LogP contribution is 1.84. The summed E-state index contributed by atoms with van der Waals surface area (Å²) in [5, 5.41) is 5.15. The Morgan fingerprint density at radius 3 is 2.15 bits per heavy atom. The van der Waals surface area contributed by atoms with Crippen molar-refractivity contribution < 1.29 is 23.9 Å². The number of terminal acetylenes is 1. The molecule has 0 spiro atoms. The first kappa shape index (κ1) is 29.6. The molecular formula is C18H36N4O5. The SMILES string of the molecule is C#CCCC(=O)NC.CCNC(=O)CCCN.CCOCCOCC(N)=O. The van der Waals surface area contributed by atoms with Gasteiger partial charge in [-0.1, -0.05) is 0 Å². The Morgan fingerprint density at radius 1 is 1.07 bits per heavy atom. The lowest BCUT2D eigenvalue weighted by atomic mass is 10.3. The van der Waals surface area contributed by atoms with E-state index in [9.17, 15) is 14.4 Å². The predicted octanol–water partition coefficient (Wildman–Crippen LogP) is -0.468. The van der Waals surface area contributed by atoms with Gasteiger partial charge in [0.1, 0.15) is 6.61 Å². The van der Waals surface area contributed by atoms with Crippen molar-refractivity contribution in [2.75, 3.05) is 46.6 Å². The number of nitrogens with one attached hydrogen (secondary N) is 2. The molecule has 9 nitrogen and oxygen atoms in total. The van der Waals surface area contributed by atoms with Gasteiger partial charge >= 0.3 is 0 Å². The second-order valence-corrected chi connectivity index (χ2v) is 4.94. The minimum absolute atomic E-state index is 0.00273. The van der Waals surface area contributed by atoms with Gasteiger partial charge in [0, 0.05) is 39.5 Å². The highest BCUT2D eigenvalue weighted by Gasteiger charge is 1.95. The monoisotopic (exact) mass is 388 g/mol. The molecule has 0 saturated carbocycles. The van der Waals surface area contributed by atoms with Gasteiger partial charge in [0.25, 0.3) is 0 Å². The van der Waals surface area contributed by atoms with Crippen molar-refractivity contribution in [3.63, 3.8) is 0 Å². The Bertz CT molecular complexity index is 411. The van der Waals surface area contributed by atoms with Crippen LogP contribution in [-0.4, -0.2) is 64.3 Å². The molecule has 0 heterocycles. The molecule has 0 saturated heterocycles. The van der Waals surface area contributed by atoms with E-state index < -0.39 is 5.91 Å². The third-order valence-electron chi connectivity index (χ3n) is 2.58. The Balaban J connectivity index is -0.000000322. The first-order valence-corrected chi connectivity index (χ1v) is 8.93. The van der Waals surface area contributed by atoms with E-state index >= 15 is 0 Å². The van der Waals surface area contributed by atoms with Crippen molar-refractivity contribution in [1.29, 1.82) is 0 Å². The third-order valence-corrected chi connectivity index (χ3v) is 2.58. The molecule has 6 N–H and O–H groups in total. The van der Waals surface area contributed by atoms with Crippen molar-refractivity contribution in [2.45, 2.75) is 39.5 Å². The Kier molecular flexibility index (Phi) is 28.6. The average molecular weight is 389 g/mol. The first-order valence-electron chi connectivity index (χ1n) is 8.93. The van der Waals surface area contributed by atoms with Gasteiger partial charge in [-0.2, -0.15) is 0 Å². The molecule has 0 radical (unpaired) electrons. The minimum atomic E-state index is -0.448. The lowest BCUT2D eigenvalue weighted by molar-refractivity contribution is -0.123. The molecule has 0 aromatic heterocycles. The van der Waals surface area contributed by atoms with Crippen LogP contribution in [0.2, 0.25) is 0 Å². The standard InChI is InChI=1S/C6H14N2O.C6H13NO3.C6H9NO/c1-2-8-6(9)4-3-5-7;1-2-9-3-4-10-5-6(7)8;1-3-4-5-6(8)7-2/h2-5,7H2,1H3,(H,8,9);2-5H2,1H3,(H2,7,8);1H,4-5H2,2H3,(H,7,8). The molecule has 0 rings (SSSR count). The molecule has 0 aromatic carbocycles. The van der Waals surface area contributed by atoms with Gasteiger partial charge in [0.15, 0.2) is 0 Å². The van der Waals surface area contributed by atoms with E-state index in [2.05, 4.69) is 16.6 Å².